The molecule has 3 heterocycles. The first kappa shape index (κ1) is 19.5. The predicted octanol–water partition coefficient (Wildman–Crippen LogP) is 10.3. The topological polar surface area (TPSA) is 0 Å². The number of fused-ring (bicyclic) bond motifs is 6. The van der Waals surface area contributed by atoms with Crippen molar-refractivity contribution in [3.05, 3.63) is 71.6 Å². The van der Waals surface area contributed by atoms with E-state index in [0.717, 1.165) is 0 Å². The molecular formula is C28H24S3. The predicted molar refractivity (Wildman–Crippen MR) is 143 cm³/mol. The Morgan fingerprint density at radius 3 is 2.42 bits per heavy atom. The minimum absolute atomic E-state index is 1.20. The lowest BCUT2D eigenvalue weighted by Gasteiger charge is -2.04. The average molecular weight is 457 g/mol. The van der Waals surface area contributed by atoms with Crippen molar-refractivity contribution in [3.63, 3.8) is 0 Å². The van der Waals surface area contributed by atoms with E-state index in [1.165, 1.54) is 88.5 Å². The van der Waals surface area contributed by atoms with Crippen molar-refractivity contribution in [1.29, 1.82) is 0 Å². The van der Waals surface area contributed by atoms with Crippen LogP contribution in [0.25, 0.3) is 50.8 Å². The maximum atomic E-state index is 2.44. The first-order chi connectivity index (χ1) is 15.3. The SMILES string of the molecule is CCCCCCc1ccc2cc3sc4c5cc(-c6cccs6)ccc5sc4c3cc2c1. The summed E-state index contributed by atoms with van der Waals surface area (Å²) < 4.78 is 5.71. The quantitative estimate of drug-likeness (QED) is 0.219. The van der Waals surface area contributed by atoms with Crippen LogP contribution in [-0.4, -0.2) is 0 Å². The van der Waals surface area contributed by atoms with Gasteiger partial charge in [0.25, 0.3) is 0 Å². The highest BCUT2D eigenvalue weighted by atomic mass is 32.1. The summed E-state index contributed by atoms with van der Waals surface area (Å²) in [4.78, 5) is 1.35. The van der Waals surface area contributed by atoms with Crippen LogP contribution in [-0.2, 0) is 6.42 Å². The first-order valence-corrected chi connectivity index (χ1v) is 13.7. The van der Waals surface area contributed by atoms with Gasteiger partial charge in [-0.25, -0.2) is 0 Å². The summed E-state index contributed by atoms with van der Waals surface area (Å²) in [5, 5.41) is 7.74. The smallest absolute Gasteiger partial charge is 0.0542 e. The molecule has 3 aromatic heterocycles. The fourth-order valence-corrected chi connectivity index (χ4v) is 7.93. The molecule has 0 atom stereocenters. The molecule has 3 heteroatoms. The van der Waals surface area contributed by atoms with E-state index in [1.807, 2.05) is 34.0 Å². The molecule has 0 nitrogen and oxygen atoms in total. The van der Waals surface area contributed by atoms with Crippen molar-refractivity contribution >= 4 is 74.4 Å². The van der Waals surface area contributed by atoms with Gasteiger partial charge in [0.1, 0.15) is 0 Å². The number of aryl methyl sites for hydroxylation is 1. The van der Waals surface area contributed by atoms with Gasteiger partial charge in [0.15, 0.2) is 0 Å². The monoisotopic (exact) mass is 456 g/mol. The fourth-order valence-electron chi connectivity index (χ4n) is 4.56. The molecule has 154 valence electrons. The highest BCUT2D eigenvalue weighted by Crippen LogP contribution is 2.46. The van der Waals surface area contributed by atoms with Gasteiger partial charge in [-0.2, -0.15) is 0 Å². The van der Waals surface area contributed by atoms with Gasteiger partial charge in [0.05, 0.1) is 9.40 Å². The Hall–Kier alpha value is -2.20. The van der Waals surface area contributed by atoms with Crippen LogP contribution in [0.1, 0.15) is 38.2 Å². The van der Waals surface area contributed by atoms with Gasteiger partial charge in [0.2, 0.25) is 0 Å². The number of unbranched alkanes of at least 4 members (excludes halogenated alkanes) is 3. The summed E-state index contributed by atoms with van der Waals surface area (Å²) in [5.41, 5.74) is 2.81. The van der Waals surface area contributed by atoms with Crippen molar-refractivity contribution in [2.24, 2.45) is 0 Å². The van der Waals surface area contributed by atoms with Gasteiger partial charge in [-0.05, 0) is 70.5 Å². The Balaban J connectivity index is 1.46. The summed E-state index contributed by atoms with van der Waals surface area (Å²) in [6.45, 7) is 2.28. The van der Waals surface area contributed by atoms with Crippen LogP contribution >= 0.6 is 34.0 Å². The minimum Gasteiger partial charge on any atom is -0.144 e. The Morgan fingerprint density at radius 1 is 0.710 bits per heavy atom. The maximum Gasteiger partial charge on any atom is 0.0542 e. The molecule has 0 aliphatic heterocycles. The maximum absolute atomic E-state index is 2.44. The average Bonchev–Trinajstić information content (AvgIpc) is 3.51. The number of hydrogen-bond donors (Lipinski definition) is 0. The van der Waals surface area contributed by atoms with Crippen LogP contribution in [0, 0.1) is 0 Å². The molecule has 0 saturated carbocycles. The summed E-state index contributed by atoms with van der Waals surface area (Å²) in [7, 11) is 0. The molecule has 6 rings (SSSR count). The van der Waals surface area contributed by atoms with E-state index in [0.29, 0.717) is 0 Å². The molecule has 0 radical (unpaired) electrons. The zero-order chi connectivity index (χ0) is 20.8. The zero-order valence-corrected chi connectivity index (χ0v) is 20.1. The van der Waals surface area contributed by atoms with Crippen LogP contribution in [0.3, 0.4) is 0 Å². The number of thiophene rings is 3. The molecule has 6 aromatic rings. The molecule has 31 heavy (non-hydrogen) atoms. The van der Waals surface area contributed by atoms with E-state index in [9.17, 15) is 0 Å². The van der Waals surface area contributed by atoms with E-state index in [2.05, 4.69) is 73.0 Å². The minimum atomic E-state index is 1.20. The number of hydrogen-bond acceptors (Lipinski definition) is 3. The van der Waals surface area contributed by atoms with Crippen LogP contribution in [0.15, 0.2) is 66.0 Å². The van der Waals surface area contributed by atoms with Crippen molar-refractivity contribution in [2.45, 2.75) is 39.0 Å². The van der Waals surface area contributed by atoms with E-state index in [1.54, 1.807) is 0 Å². The highest BCUT2D eigenvalue weighted by Gasteiger charge is 2.14. The van der Waals surface area contributed by atoms with Gasteiger partial charge in [-0.15, -0.1) is 34.0 Å². The van der Waals surface area contributed by atoms with Crippen molar-refractivity contribution in [1.82, 2.24) is 0 Å². The molecule has 0 N–H and O–H groups in total. The number of benzene rings is 3. The number of rotatable bonds is 6. The van der Waals surface area contributed by atoms with Gasteiger partial charge in [0, 0.05) is 25.0 Å². The van der Waals surface area contributed by atoms with Crippen LogP contribution in [0.2, 0.25) is 0 Å². The van der Waals surface area contributed by atoms with Gasteiger partial charge < -0.3 is 0 Å². The largest absolute Gasteiger partial charge is 0.144 e. The highest BCUT2D eigenvalue weighted by molar-refractivity contribution is 7.36. The summed E-state index contributed by atoms with van der Waals surface area (Å²) in [6, 6.07) is 23.2. The first-order valence-electron chi connectivity index (χ1n) is 11.2. The van der Waals surface area contributed by atoms with E-state index in [-0.39, 0.29) is 0 Å². The van der Waals surface area contributed by atoms with Crippen molar-refractivity contribution in [2.75, 3.05) is 0 Å². The van der Waals surface area contributed by atoms with E-state index in [4.69, 9.17) is 0 Å². The summed E-state index contributed by atoms with van der Waals surface area (Å²) >= 11 is 5.72. The molecule has 0 spiro atoms. The third-order valence-electron chi connectivity index (χ3n) is 6.23. The summed E-state index contributed by atoms with van der Waals surface area (Å²) in [5.74, 6) is 0. The normalized spacial score (nSPS) is 12.0. The van der Waals surface area contributed by atoms with Crippen LogP contribution < -0.4 is 0 Å². The van der Waals surface area contributed by atoms with Crippen LogP contribution in [0.5, 0.6) is 0 Å². The van der Waals surface area contributed by atoms with Crippen LogP contribution in [0.4, 0.5) is 0 Å². The lowest BCUT2D eigenvalue weighted by Crippen LogP contribution is -1.86. The Bertz CT molecular complexity index is 1510. The second-order valence-electron chi connectivity index (χ2n) is 8.39. The molecule has 0 unspecified atom stereocenters. The van der Waals surface area contributed by atoms with E-state index >= 15 is 0 Å². The molecule has 0 aliphatic carbocycles. The van der Waals surface area contributed by atoms with Gasteiger partial charge in [-0.3, -0.25) is 0 Å². The second-order valence-corrected chi connectivity index (χ2v) is 11.4. The molecule has 0 bridgehead atoms. The molecular weight excluding hydrogens is 433 g/mol. The second kappa shape index (κ2) is 8.05. The molecule has 0 saturated heterocycles. The van der Waals surface area contributed by atoms with Gasteiger partial charge >= 0.3 is 0 Å². The Labute approximate surface area is 194 Å². The molecule has 0 fully saturated rings. The van der Waals surface area contributed by atoms with Crippen molar-refractivity contribution < 1.29 is 0 Å². The lowest BCUT2D eigenvalue weighted by atomic mass is 10.0. The Morgan fingerprint density at radius 2 is 1.58 bits per heavy atom. The third kappa shape index (κ3) is 3.49. The summed E-state index contributed by atoms with van der Waals surface area (Å²) in [6.07, 6.45) is 6.48. The molecule has 3 aromatic carbocycles. The third-order valence-corrected chi connectivity index (χ3v) is 9.66. The fraction of sp³-hybridized carbons (Fsp3) is 0.214. The lowest BCUT2D eigenvalue weighted by molar-refractivity contribution is 0.667. The van der Waals surface area contributed by atoms with Crippen molar-refractivity contribution in [3.8, 4) is 10.4 Å². The molecule has 0 amide bonds. The zero-order valence-electron chi connectivity index (χ0n) is 17.6. The van der Waals surface area contributed by atoms with Gasteiger partial charge in [-0.1, -0.05) is 56.5 Å². The van der Waals surface area contributed by atoms with E-state index < -0.39 is 0 Å². The standard InChI is InChI=1S/C28H24S3/c1-2-3-4-5-7-18-9-10-19-17-26-23(16-21(19)14-18)28-27(31-26)22-15-20(11-12-25(22)30-28)24-8-6-13-29-24/h6,8-17H,2-5,7H2,1H3. The Kier molecular flexibility index (Phi) is 5.06. The molecule has 0 aliphatic rings.